The van der Waals surface area contributed by atoms with E-state index in [4.69, 9.17) is 0 Å². The Kier molecular flexibility index (Phi) is 7.16. The van der Waals surface area contributed by atoms with Gasteiger partial charge in [0.25, 0.3) is 0 Å². The molecule has 0 bridgehead atoms. The lowest BCUT2D eigenvalue weighted by atomic mass is 9.98. The molecule has 0 saturated heterocycles. The Hall–Kier alpha value is -3.88. The summed E-state index contributed by atoms with van der Waals surface area (Å²) in [7, 11) is 0. The summed E-state index contributed by atoms with van der Waals surface area (Å²) in [6.07, 6.45) is 12.0. The van der Waals surface area contributed by atoms with Crippen molar-refractivity contribution in [2.45, 2.75) is 20.3 Å². The van der Waals surface area contributed by atoms with Crippen molar-refractivity contribution in [3.8, 4) is 21.6 Å². The maximum absolute atomic E-state index is 3.91. The van der Waals surface area contributed by atoms with Gasteiger partial charge in [-0.3, -0.25) is 0 Å². The van der Waals surface area contributed by atoms with Gasteiger partial charge in [0, 0.05) is 26.8 Å². The van der Waals surface area contributed by atoms with E-state index in [9.17, 15) is 0 Å². The Bertz CT molecular complexity index is 1420. The summed E-state index contributed by atoms with van der Waals surface area (Å²) < 4.78 is 0. The number of hydrogen-bond donors (Lipinski definition) is 0. The highest BCUT2D eigenvalue weighted by atomic mass is 32.1. The third kappa shape index (κ3) is 5.19. The van der Waals surface area contributed by atoms with E-state index in [1.54, 1.807) is 0 Å². The Morgan fingerprint density at radius 1 is 0.806 bits per heavy atom. The van der Waals surface area contributed by atoms with Crippen LogP contribution in [0, 0.1) is 5.92 Å². The van der Waals surface area contributed by atoms with Gasteiger partial charge in [0.15, 0.2) is 0 Å². The molecular formula is C34H31NS. The molecule has 1 atom stereocenters. The smallest absolute Gasteiger partial charge is 0.0458 e. The number of hydrogen-bond acceptors (Lipinski definition) is 2. The lowest BCUT2D eigenvalue weighted by molar-refractivity contribution is 0.739. The first-order chi connectivity index (χ1) is 17.6. The summed E-state index contributed by atoms with van der Waals surface area (Å²) >= 11 is 1.86. The standard InChI is InChI=1S/C34H31NS/c1-4-8-26(3)35(31-19-15-28(16-20-31)27-9-6-5-7-10-27)32-21-17-30(18-22-32)34-24-23-33(36-34)29-13-11-25(2)12-14-29/h4-11,13-25H,1,12H2,2-3H3/b26-8+. The van der Waals surface area contributed by atoms with Gasteiger partial charge in [0.1, 0.15) is 0 Å². The lowest BCUT2D eigenvalue weighted by Gasteiger charge is -2.26. The number of benzene rings is 3. The molecule has 1 heterocycles. The molecular weight excluding hydrogens is 454 g/mol. The van der Waals surface area contributed by atoms with Crippen LogP contribution in [0.25, 0.3) is 27.1 Å². The minimum Gasteiger partial charge on any atom is -0.315 e. The van der Waals surface area contributed by atoms with Crippen LogP contribution in [0.4, 0.5) is 11.4 Å². The Balaban J connectivity index is 1.42. The van der Waals surface area contributed by atoms with Crippen LogP contribution in [0.5, 0.6) is 0 Å². The molecule has 0 spiro atoms. The van der Waals surface area contributed by atoms with Gasteiger partial charge in [0.05, 0.1) is 0 Å². The predicted molar refractivity (Wildman–Crippen MR) is 159 cm³/mol. The number of allylic oxidation sites excluding steroid dienone is 7. The Morgan fingerprint density at radius 3 is 2.03 bits per heavy atom. The largest absolute Gasteiger partial charge is 0.315 e. The van der Waals surface area contributed by atoms with E-state index in [0.717, 1.165) is 23.5 Å². The van der Waals surface area contributed by atoms with Gasteiger partial charge >= 0.3 is 0 Å². The van der Waals surface area contributed by atoms with Crippen molar-refractivity contribution in [3.05, 3.63) is 139 Å². The van der Waals surface area contributed by atoms with E-state index in [1.807, 2.05) is 17.4 Å². The Labute approximate surface area is 219 Å². The van der Waals surface area contributed by atoms with Crippen molar-refractivity contribution in [2.24, 2.45) is 5.92 Å². The average molecular weight is 486 g/mol. The Morgan fingerprint density at radius 2 is 1.42 bits per heavy atom. The van der Waals surface area contributed by atoms with Crippen LogP contribution >= 0.6 is 11.3 Å². The molecule has 4 aromatic rings. The SMILES string of the molecule is C=C/C=C(\C)N(c1ccc(-c2ccccc2)cc1)c1ccc(-c2ccc(C3=CCC(C)C=C3)s2)cc1. The van der Waals surface area contributed by atoms with E-state index < -0.39 is 0 Å². The van der Waals surface area contributed by atoms with Gasteiger partial charge in [-0.25, -0.2) is 0 Å². The van der Waals surface area contributed by atoms with Crippen molar-refractivity contribution < 1.29 is 0 Å². The summed E-state index contributed by atoms with van der Waals surface area (Å²) in [5, 5.41) is 0. The van der Waals surface area contributed by atoms with Crippen LogP contribution in [-0.4, -0.2) is 0 Å². The van der Waals surface area contributed by atoms with Crippen LogP contribution in [0.2, 0.25) is 0 Å². The third-order valence-electron chi connectivity index (χ3n) is 6.56. The molecule has 0 fully saturated rings. The van der Waals surface area contributed by atoms with Crippen LogP contribution < -0.4 is 4.90 Å². The fraction of sp³-hybridized carbons (Fsp3) is 0.118. The van der Waals surface area contributed by atoms with Crippen molar-refractivity contribution in [2.75, 3.05) is 4.90 Å². The molecule has 2 heteroatoms. The minimum absolute atomic E-state index is 0.636. The van der Waals surface area contributed by atoms with Gasteiger partial charge in [0.2, 0.25) is 0 Å². The van der Waals surface area contributed by atoms with Gasteiger partial charge in [-0.2, -0.15) is 0 Å². The summed E-state index contributed by atoms with van der Waals surface area (Å²) in [5.74, 6) is 0.636. The summed E-state index contributed by atoms with van der Waals surface area (Å²) in [5.41, 5.74) is 8.40. The fourth-order valence-electron chi connectivity index (χ4n) is 4.57. The predicted octanol–water partition coefficient (Wildman–Crippen LogP) is 10.3. The summed E-state index contributed by atoms with van der Waals surface area (Å²) in [6.45, 7) is 8.30. The molecule has 36 heavy (non-hydrogen) atoms. The van der Waals surface area contributed by atoms with Crippen LogP contribution in [0.1, 0.15) is 25.1 Å². The normalized spacial score (nSPS) is 15.4. The van der Waals surface area contributed by atoms with Gasteiger partial charge in [-0.05, 0) is 84.0 Å². The van der Waals surface area contributed by atoms with Gasteiger partial charge in [-0.1, -0.05) is 92.4 Å². The van der Waals surface area contributed by atoms with Crippen LogP contribution in [0.15, 0.2) is 134 Å². The van der Waals surface area contributed by atoms with Crippen molar-refractivity contribution >= 4 is 28.3 Å². The zero-order valence-electron chi connectivity index (χ0n) is 20.9. The molecule has 1 nitrogen and oxygen atoms in total. The van der Waals surface area contributed by atoms with Crippen LogP contribution in [0.3, 0.4) is 0 Å². The molecule has 1 aromatic heterocycles. The highest BCUT2D eigenvalue weighted by Crippen LogP contribution is 2.37. The van der Waals surface area contributed by atoms with Gasteiger partial charge < -0.3 is 4.90 Å². The third-order valence-corrected chi connectivity index (χ3v) is 7.74. The molecule has 1 aliphatic rings. The highest BCUT2D eigenvalue weighted by Gasteiger charge is 2.13. The first kappa shape index (κ1) is 23.8. The number of rotatable bonds is 7. The number of anilines is 2. The fourth-order valence-corrected chi connectivity index (χ4v) is 5.60. The molecule has 0 amide bonds. The van der Waals surface area contributed by atoms with Gasteiger partial charge in [-0.15, -0.1) is 11.3 Å². The second-order valence-corrected chi connectivity index (χ2v) is 10.3. The second kappa shape index (κ2) is 10.8. The maximum Gasteiger partial charge on any atom is 0.0458 e. The van der Waals surface area contributed by atoms with E-state index in [1.165, 1.54) is 32.0 Å². The first-order valence-electron chi connectivity index (χ1n) is 12.5. The van der Waals surface area contributed by atoms with E-state index >= 15 is 0 Å². The zero-order chi connectivity index (χ0) is 24.9. The molecule has 5 rings (SSSR count). The monoisotopic (exact) mass is 485 g/mol. The molecule has 3 aromatic carbocycles. The van der Waals surface area contributed by atoms with E-state index in [-0.39, 0.29) is 0 Å². The summed E-state index contributed by atoms with van der Waals surface area (Å²) in [6, 6.07) is 32.6. The first-order valence-corrected chi connectivity index (χ1v) is 13.3. The van der Waals surface area contributed by atoms with Crippen LogP contribution in [-0.2, 0) is 0 Å². The van der Waals surface area contributed by atoms with Crippen molar-refractivity contribution in [3.63, 3.8) is 0 Å². The lowest BCUT2D eigenvalue weighted by Crippen LogP contribution is -2.14. The average Bonchev–Trinajstić information content (AvgIpc) is 3.41. The topological polar surface area (TPSA) is 3.24 Å². The second-order valence-electron chi connectivity index (χ2n) is 9.23. The molecule has 1 unspecified atom stereocenters. The molecule has 0 saturated carbocycles. The molecule has 1 aliphatic carbocycles. The van der Waals surface area contributed by atoms with E-state index in [0.29, 0.717) is 5.92 Å². The molecule has 0 aliphatic heterocycles. The number of nitrogens with zero attached hydrogens (tertiary/aromatic N) is 1. The highest BCUT2D eigenvalue weighted by molar-refractivity contribution is 7.16. The maximum atomic E-state index is 3.91. The van der Waals surface area contributed by atoms with E-state index in [2.05, 4.69) is 141 Å². The molecule has 178 valence electrons. The minimum atomic E-state index is 0.636. The van der Waals surface area contributed by atoms with Crippen molar-refractivity contribution in [1.29, 1.82) is 0 Å². The number of thiophene rings is 1. The molecule has 0 N–H and O–H groups in total. The van der Waals surface area contributed by atoms with Crippen molar-refractivity contribution in [1.82, 2.24) is 0 Å². The quantitative estimate of drug-likeness (QED) is 0.235. The molecule has 0 radical (unpaired) electrons. The zero-order valence-corrected chi connectivity index (χ0v) is 21.7. The summed E-state index contributed by atoms with van der Waals surface area (Å²) in [4.78, 5) is 4.91.